The maximum Gasteiger partial charge on any atom is 0.344 e. The van der Waals surface area contributed by atoms with Crippen molar-refractivity contribution in [2.75, 3.05) is 0 Å². The Bertz CT molecular complexity index is 961. The molecule has 0 radical (unpaired) electrons. The summed E-state index contributed by atoms with van der Waals surface area (Å²) >= 11 is 0. The molecule has 1 N–H and O–H groups in total. The van der Waals surface area contributed by atoms with Gasteiger partial charge in [0, 0.05) is 12.5 Å². The predicted octanol–water partition coefficient (Wildman–Crippen LogP) is 3.36. The number of nitrogens with zero attached hydrogens (tertiary/aromatic N) is 1. The van der Waals surface area contributed by atoms with Gasteiger partial charge in [0.25, 0.3) is 15.6 Å². The van der Waals surface area contributed by atoms with Gasteiger partial charge in [-0.2, -0.15) is 13.0 Å². The molecule has 5 nitrogen and oxygen atoms in total. The van der Waals surface area contributed by atoms with Gasteiger partial charge < -0.3 is 4.42 Å². The first-order valence-corrected chi connectivity index (χ1v) is 9.31. The van der Waals surface area contributed by atoms with Crippen LogP contribution >= 0.6 is 0 Å². The van der Waals surface area contributed by atoms with E-state index in [1.165, 1.54) is 6.92 Å². The molecule has 1 aromatic heterocycles. The minimum atomic E-state index is -4.02. The van der Waals surface area contributed by atoms with Gasteiger partial charge in [0.2, 0.25) is 5.58 Å². The second-order valence-electron chi connectivity index (χ2n) is 5.94. The summed E-state index contributed by atoms with van der Waals surface area (Å²) in [6.45, 7) is 3.81. The van der Waals surface area contributed by atoms with Gasteiger partial charge in [-0.3, -0.25) is 4.55 Å². The lowest BCUT2D eigenvalue weighted by Gasteiger charge is -2.05. The Kier molecular flexibility index (Phi) is 4.43. The fourth-order valence-electron chi connectivity index (χ4n) is 2.75. The van der Waals surface area contributed by atoms with Crippen molar-refractivity contribution in [1.29, 1.82) is 0 Å². The molecule has 1 unspecified atom stereocenters. The van der Waals surface area contributed by atoms with Crippen LogP contribution in [0.3, 0.4) is 0 Å². The first-order chi connectivity index (χ1) is 11.4. The van der Waals surface area contributed by atoms with Crippen molar-refractivity contribution in [3.8, 4) is 11.1 Å². The molecule has 2 aromatic carbocycles. The van der Waals surface area contributed by atoms with Crippen molar-refractivity contribution in [2.24, 2.45) is 0 Å². The standard InChI is InChI=1S/C18H19NO4S/c1-13(24(20,21)22)10-11-19-14(2)23-18-9-8-16(12-17(18)19)15-6-4-3-5-7-15/h3-9,12-13H,10-11H2,1-2H3/p+1. The summed E-state index contributed by atoms with van der Waals surface area (Å²) in [5.74, 6) is 0.706. The fraction of sp³-hybridized carbons (Fsp3) is 0.278. The van der Waals surface area contributed by atoms with E-state index in [0.29, 0.717) is 18.9 Å². The first-order valence-electron chi connectivity index (χ1n) is 7.81. The fourth-order valence-corrected chi connectivity index (χ4v) is 3.15. The van der Waals surface area contributed by atoms with Crippen LogP contribution in [0, 0.1) is 6.92 Å². The highest BCUT2D eigenvalue weighted by atomic mass is 32.2. The molecular formula is C18H20NO4S+. The molecule has 24 heavy (non-hydrogen) atoms. The van der Waals surface area contributed by atoms with E-state index in [1.807, 2.05) is 60.0 Å². The van der Waals surface area contributed by atoms with Crippen molar-refractivity contribution in [1.82, 2.24) is 0 Å². The second kappa shape index (κ2) is 6.37. The zero-order valence-corrected chi connectivity index (χ0v) is 14.5. The number of benzene rings is 2. The zero-order valence-electron chi connectivity index (χ0n) is 13.6. The van der Waals surface area contributed by atoms with Gasteiger partial charge in [-0.05, 0) is 24.1 Å². The van der Waals surface area contributed by atoms with Crippen LogP contribution in [0.2, 0.25) is 0 Å². The molecule has 1 atom stereocenters. The smallest absolute Gasteiger partial charge is 0.344 e. The van der Waals surface area contributed by atoms with Gasteiger partial charge in [-0.15, -0.1) is 0 Å². The average molecular weight is 346 g/mol. The molecule has 0 aliphatic heterocycles. The van der Waals surface area contributed by atoms with E-state index in [9.17, 15) is 8.42 Å². The maximum atomic E-state index is 11.2. The van der Waals surface area contributed by atoms with E-state index in [-0.39, 0.29) is 0 Å². The van der Waals surface area contributed by atoms with Crippen molar-refractivity contribution >= 4 is 21.2 Å². The predicted molar refractivity (Wildman–Crippen MR) is 92.2 cm³/mol. The first kappa shape index (κ1) is 16.7. The highest BCUT2D eigenvalue weighted by molar-refractivity contribution is 7.86. The largest absolute Gasteiger partial charge is 0.402 e. The van der Waals surface area contributed by atoms with Crippen molar-refractivity contribution in [2.45, 2.75) is 32.1 Å². The van der Waals surface area contributed by atoms with E-state index in [0.717, 1.165) is 22.2 Å². The molecule has 1 heterocycles. The van der Waals surface area contributed by atoms with E-state index >= 15 is 0 Å². The molecule has 126 valence electrons. The summed E-state index contributed by atoms with van der Waals surface area (Å²) in [5.41, 5.74) is 3.85. The quantitative estimate of drug-likeness (QED) is 0.568. The lowest BCUT2D eigenvalue weighted by atomic mass is 10.1. The molecule has 3 rings (SSSR count). The van der Waals surface area contributed by atoms with Crippen LogP contribution < -0.4 is 4.57 Å². The normalized spacial score (nSPS) is 13.3. The number of rotatable bonds is 5. The third-order valence-electron chi connectivity index (χ3n) is 4.26. The van der Waals surface area contributed by atoms with Crippen LogP contribution in [0.4, 0.5) is 0 Å². The van der Waals surface area contributed by atoms with Gasteiger partial charge >= 0.3 is 5.89 Å². The van der Waals surface area contributed by atoms with Gasteiger partial charge in [0.15, 0.2) is 6.54 Å². The Hall–Kier alpha value is -2.18. The van der Waals surface area contributed by atoms with Crippen molar-refractivity contribution < 1.29 is 22.0 Å². The van der Waals surface area contributed by atoms with Crippen LogP contribution in [-0.4, -0.2) is 18.2 Å². The molecule has 0 bridgehead atoms. The highest BCUT2D eigenvalue weighted by Gasteiger charge is 2.24. The number of fused-ring (bicyclic) bond motifs is 1. The van der Waals surface area contributed by atoms with Crippen molar-refractivity contribution in [3.63, 3.8) is 0 Å². The average Bonchev–Trinajstić information content (AvgIpc) is 2.87. The second-order valence-corrected chi connectivity index (χ2v) is 7.77. The summed E-state index contributed by atoms with van der Waals surface area (Å²) in [5, 5.41) is -0.813. The molecule has 3 aromatic rings. The topological polar surface area (TPSA) is 71.4 Å². The zero-order chi connectivity index (χ0) is 17.3. The monoisotopic (exact) mass is 346 g/mol. The number of aryl methyl sites for hydroxylation is 2. The van der Waals surface area contributed by atoms with Crippen LogP contribution in [0.1, 0.15) is 19.2 Å². The van der Waals surface area contributed by atoms with Crippen LogP contribution in [0.15, 0.2) is 52.9 Å². The van der Waals surface area contributed by atoms with E-state index in [4.69, 9.17) is 8.97 Å². The molecular weight excluding hydrogens is 326 g/mol. The lowest BCUT2D eigenvalue weighted by molar-refractivity contribution is -0.683. The molecule has 0 aliphatic rings. The third-order valence-corrected chi connectivity index (χ3v) is 5.51. The summed E-state index contributed by atoms with van der Waals surface area (Å²) in [6, 6.07) is 16.0. The highest BCUT2D eigenvalue weighted by Crippen LogP contribution is 2.24. The Balaban J connectivity index is 1.97. The minimum absolute atomic E-state index is 0.314. The van der Waals surface area contributed by atoms with E-state index in [1.54, 1.807) is 0 Å². The summed E-state index contributed by atoms with van der Waals surface area (Å²) < 4.78 is 39.2. The molecule has 0 fully saturated rings. The Morgan fingerprint density at radius 3 is 2.50 bits per heavy atom. The molecule has 0 aliphatic carbocycles. The van der Waals surface area contributed by atoms with Crippen molar-refractivity contribution in [3.05, 3.63) is 54.4 Å². The molecule has 0 amide bonds. The number of hydrogen-bond acceptors (Lipinski definition) is 3. The van der Waals surface area contributed by atoms with Crippen LogP contribution in [-0.2, 0) is 16.7 Å². The Morgan fingerprint density at radius 2 is 1.83 bits per heavy atom. The molecule has 0 saturated carbocycles. The SMILES string of the molecule is Cc1oc2ccc(-c3ccccc3)cc2[n+]1CCC(C)S(=O)(=O)O. The maximum absolute atomic E-state index is 11.2. The third kappa shape index (κ3) is 3.34. The summed E-state index contributed by atoms with van der Waals surface area (Å²) in [6.07, 6.45) is 0.314. The van der Waals surface area contributed by atoms with Gasteiger partial charge in [-0.1, -0.05) is 36.4 Å². The Morgan fingerprint density at radius 1 is 1.12 bits per heavy atom. The van der Waals surface area contributed by atoms with Crippen LogP contribution in [0.25, 0.3) is 22.2 Å². The molecule has 6 heteroatoms. The summed E-state index contributed by atoms with van der Waals surface area (Å²) in [4.78, 5) is 0. The van der Waals surface area contributed by atoms with Gasteiger partial charge in [-0.25, -0.2) is 0 Å². The van der Waals surface area contributed by atoms with Crippen LogP contribution in [0.5, 0.6) is 0 Å². The number of aromatic nitrogens is 1. The minimum Gasteiger partial charge on any atom is -0.402 e. The van der Waals surface area contributed by atoms with Gasteiger partial charge in [0.1, 0.15) is 0 Å². The molecule has 0 saturated heterocycles. The number of oxazole rings is 1. The van der Waals surface area contributed by atoms with E-state index < -0.39 is 15.4 Å². The Labute approximate surface area is 141 Å². The lowest BCUT2D eigenvalue weighted by Crippen LogP contribution is -2.37. The summed E-state index contributed by atoms with van der Waals surface area (Å²) in [7, 11) is -4.02. The number of hydrogen-bond donors (Lipinski definition) is 1. The van der Waals surface area contributed by atoms with E-state index in [2.05, 4.69) is 0 Å². The molecule has 0 spiro atoms. The van der Waals surface area contributed by atoms with Gasteiger partial charge in [0.05, 0.1) is 12.2 Å².